The number of hydrogen-bond donors (Lipinski definition) is 1. The van der Waals surface area contributed by atoms with E-state index in [0.717, 1.165) is 5.82 Å². The summed E-state index contributed by atoms with van der Waals surface area (Å²) in [5.41, 5.74) is 1.18. The summed E-state index contributed by atoms with van der Waals surface area (Å²) < 4.78 is 1.62. The van der Waals surface area contributed by atoms with E-state index < -0.39 is 0 Å². The van der Waals surface area contributed by atoms with Crippen molar-refractivity contribution in [2.24, 2.45) is 7.05 Å². The van der Waals surface area contributed by atoms with Crippen molar-refractivity contribution in [2.75, 3.05) is 31.5 Å². The monoisotopic (exact) mass is 459 g/mol. The first kappa shape index (κ1) is 21.6. The molecule has 31 heavy (non-hydrogen) atoms. The molecule has 2 amide bonds. The molecule has 4 rings (SSSR count). The zero-order valence-corrected chi connectivity index (χ0v) is 18.8. The van der Waals surface area contributed by atoms with Gasteiger partial charge in [0.05, 0.1) is 27.7 Å². The lowest BCUT2D eigenvalue weighted by Crippen LogP contribution is -2.51. The molecule has 1 aliphatic heterocycles. The van der Waals surface area contributed by atoms with Crippen LogP contribution in [0.1, 0.15) is 18.8 Å². The second-order valence-corrected chi connectivity index (χ2v) is 8.45. The molecular formula is C22H23Cl2N5O2. The number of hydrogen-bond acceptors (Lipinski definition) is 4. The van der Waals surface area contributed by atoms with Crippen LogP contribution in [0.15, 0.2) is 47.3 Å². The SMILES string of the molecule is CC(c1nc2ccccc2c(=O)n1C)N1CCN(C(=O)Nc2ccc(Cl)cc2Cl)CC1. The Bertz CT molecular complexity index is 1190. The van der Waals surface area contributed by atoms with Gasteiger partial charge in [0.2, 0.25) is 0 Å². The van der Waals surface area contributed by atoms with E-state index in [4.69, 9.17) is 28.2 Å². The molecule has 0 bridgehead atoms. The number of urea groups is 1. The zero-order chi connectivity index (χ0) is 22.1. The molecule has 9 heteroatoms. The number of anilines is 1. The minimum absolute atomic E-state index is 0.0506. The first-order valence-electron chi connectivity index (χ1n) is 10.1. The molecule has 2 aromatic carbocycles. The van der Waals surface area contributed by atoms with E-state index in [9.17, 15) is 9.59 Å². The van der Waals surface area contributed by atoms with Gasteiger partial charge in [-0.1, -0.05) is 35.3 Å². The normalized spacial score (nSPS) is 15.8. The number of para-hydroxylation sites is 1. The van der Waals surface area contributed by atoms with E-state index in [1.807, 2.05) is 25.1 Å². The second kappa shape index (κ2) is 8.86. The van der Waals surface area contributed by atoms with Gasteiger partial charge in [-0.2, -0.15) is 0 Å². The van der Waals surface area contributed by atoms with Crippen LogP contribution in [0.5, 0.6) is 0 Å². The van der Waals surface area contributed by atoms with Crippen LogP contribution < -0.4 is 10.9 Å². The third-order valence-electron chi connectivity index (χ3n) is 5.71. The third kappa shape index (κ3) is 4.39. The van der Waals surface area contributed by atoms with Crippen molar-refractivity contribution < 1.29 is 4.79 Å². The van der Waals surface area contributed by atoms with Crippen molar-refractivity contribution >= 4 is 45.8 Å². The highest BCUT2D eigenvalue weighted by atomic mass is 35.5. The number of carbonyl (C=O) groups is 1. The molecule has 1 fully saturated rings. The van der Waals surface area contributed by atoms with Crippen molar-refractivity contribution in [3.05, 3.63) is 68.7 Å². The largest absolute Gasteiger partial charge is 0.322 e. The lowest BCUT2D eigenvalue weighted by Gasteiger charge is -2.38. The van der Waals surface area contributed by atoms with Gasteiger partial charge >= 0.3 is 6.03 Å². The number of piperazine rings is 1. The van der Waals surface area contributed by atoms with Gasteiger partial charge < -0.3 is 10.2 Å². The van der Waals surface area contributed by atoms with E-state index in [-0.39, 0.29) is 17.6 Å². The average molecular weight is 460 g/mol. The maximum Gasteiger partial charge on any atom is 0.321 e. The van der Waals surface area contributed by atoms with E-state index >= 15 is 0 Å². The fraction of sp³-hybridized carbons (Fsp3) is 0.318. The number of amides is 2. The van der Waals surface area contributed by atoms with Crippen molar-refractivity contribution in [1.82, 2.24) is 19.4 Å². The molecule has 1 saturated heterocycles. The highest BCUT2D eigenvalue weighted by Crippen LogP contribution is 2.26. The predicted molar refractivity (Wildman–Crippen MR) is 124 cm³/mol. The fourth-order valence-electron chi connectivity index (χ4n) is 3.87. The van der Waals surface area contributed by atoms with Crippen molar-refractivity contribution in [2.45, 2.75) is 13.0 Å². The smallest absolute Gasteiger partial charge is 0.321 e. The molecule has 1 aliphatic rings. The van der Waals surface area contributed by atoms with Crippen LogP contribution >= 0.6 is 23.2 Å². The van der Waals surface area contributed by atoms with E-state index in [1.165, 1.54) is 0 Å². The Labute approximate surface area is 190 Å². The molecule has 162 valence electrons. The van der Waals surface area contributed by atoms with E-state index in [1.54, 1.807) is 40.8 Å². The Balaban J connectivity index is 1.44. The number of aromatic nitrogens is 2. The third-order valence-corrected chi connectivity index (χ3v) is 6.26. The topological polar surface area (TPSA) is 70.5 Å². The Morgan fingerprint density at radius 3 is 2.52 bits per heavy atom. The molecule has 7 nitrogen and oxygen atoms in total. The summed E-state index contributed by atoms with van der Waals surface area (Å²) >= 11 is 12.1. The highest BCUT2D eigenvalue weighted by Gasteiger charge is 2.27. The van der Waals surface area contributed by atoms with Crippen LogP contribution in [0.25, 0.3) is 10.9 Å². The van der Waals surface area contributed by atoms with E-state index in [2.05, 4.69) is 10.2 Å². The lowest BCUT2D eigenvalue weighted by atomic mass is 10.2. The summed E-state index contributed by atoms with van der Waals surface area (Å²) in [4.78, 5) is 34.1. The number of nitrogens with one attached hydrogen (secondary N) is 1. The summed E-state index contributed by atoms with van der Waals surface area (Å²) in [6.45, 7) is 4.50. The summed E-state index contributed by atoms with van der Waals surface area (Å²) in [6.07, 6.45) is 0. The molecule has 1 N–H and O–H groups in total. The van der Waals surface area contributed by atoms with Crippen LogP contribution in [0.3, 0.4) is 0 Å². The summed E-state index contributed by atoms with van der Waals surface area (Å²) in [5, 5.41) is 4.37. The Kier molecular flexibility index (Phi) is 6.18. The minimum Gasteiger partial charge on any atom is -0.322 e. The van der Waals surface area contributed by atoms with Gasteiger partial charge in [0, 0.05) is 38.2 Å². The minimum atomic E-state index is -0.201. The summed E-state index contributed by atoms with van der Waals surface area (Å²) in [6, 6.07) is 12.1. The Morgan fingerprint density at radius 1 is 1.10 bits per heavy atom. The first-order valence-corrected chi connectivity index (χ1v) is 10.8. The number of fused-ring (bicyclic) bond motifs is 1. The van der Waals surface area contributed by atoms with Crippen LogP contribution in [0.2, 0.25) is 10.0 Å². The predicted octanol–water partition coefficient (Wildman–Crippen LogP) is 4.15. The number of nitrogens with zero attached hydrogens (tertiary/aromatic N) is 4. The molecule has 3 aromatic rings. The zero-order valence-electron chi connectivity index (χ0n) is 17.3. The van der Waals surface area contributed by atoms with Gasteiger partial charge in [0.1, 0.15) is 5.82 Å². The molecular weight excluding hydrogens is 437 g/mol. The van der Waals surface area contributed by atoms with Crippen molar-refractivity contribution in [1.29, 1.82) is 0 Å². The van der Waals surface area contributed by atoms with Crippen molar-refractivity contribution in [3.63, 3.8) is 0 Å². The second-order valence-electron chi connectivity index (χ2n) is 7.60. The molecule has 1 atom stereocenters. The standard InChI is InChI=1S/C22H23Cl2N5O2/c1-14(20-25-18-6-4-3-5-16(18)21(30)27(20)2)28-9-11-29(12-10-28)22(31)26-19-8-7-15(23)13-17(19)24/h3-8,13-14H,9-12H2,1-2H3,(H,26,31). The molecule has 0 aliphatic carbocycles. The van der Waals surface area contributed by atoms with E-state index in [0.29, 0.717) is 52.8 Å². The van der Waals surface area contributed by atoms with Gasteiger partial charge in [0.15, 0.2) is 0 Å². The molecule has 2 heterocycles. The van der Waals surface area contributed by atoms with Crippen LogP contribution in [0.4, 0.5) is 10.5 Å². The molecule has 1 aromatic heterocycles. The number of rotatable bonds is 3. The van der Waals surface area contributed by atoms with Crippen LogP contribution in [-0.4, -0.2) is 51.6 Å². The lowest BCUT2D eigenvalue weighted by molar-refractivity contribution is 0.114. The Morgan fingerprint density at radius 2 is 1.81 bits per heavy atom. The molecule has 0 spiro atoms. The van der Waals surface area contributed by atoms with Gasteiger partial charge in [-0.25, -0.2) is 9.78 Å². The van der Waals surface area contributed by atoms with Gasteiger partial charge in [-0.05, 0) is 37.3 Å². The maximum absolute atomic E-state index is 12.7. The maximum atomic E-state index is 12.7. The van der Waals surface area contributed by atoms with Gasteiger partial charge in [-0.15, -0.1) is 0 Å². The molecule has 0 radical (unpaired) electrons. The van der Waals surface area contributed by atoms with Gasteiger partial charge in [0.25, 0.3) is 5.56 Å². The number of carbonyl (C=O) groups excluding carboxylic acids is 1. The molecule has 1 unspecified atom stereocenters. The van der Waals surface area contributed by atoms with Crippen molar-refractivity contribution in [3.8, 4) is 0 Å². The number of benzene rings is 2. The van der Waals surface area contributed by atoms with Crippen LogP contribution in [-0.2, 0) is 7.05 Å². The van der Waals surface area contributed by atoms with Gasteiger partial charge in [-0.3, -0.25) is 14.3 Å². The average Bonchev–Trinajstić information content (AvgIpc) is 2.77. The first-order chi connectivity index (χ1) is 14.8. The fourth-order valence-corrected chi connectivity index (χ4v) is 4.33. The summed E-state index contributed by atoms with van der Waals surface area (Å²) in [5.74, 6) is 0.717. The highest BCUT2D eigenvalue weighted by molar-refractivity contribution is 6.36. The Hall–Kier alpha value is -2.61. The quantitative estimate of drug-likeness (QED) is 0.638. The number of halogens is 2. The summed E-state index contributed by atoms with van der Waals surface area (Å²) in [7, 11) is 1.76. The van der Waals surface area contributed by atoms with Crippen LogP contribution in [0, 0.1) is 0 Å². The molecule has 0 saturated carbocycles.